The number of carbonyl (C=O) groups is 1. The average Bonchev–Trinajstić information content (AvgIpc) is 3.42. The summed E-state index contributed by atoms with van der Waals surface area (Å²) in [7, 11) is 1.53. The third kappa shape index (κ3) is 5.65. The molecular weight excluding hydrogens is 490 g/mol. The molecular formula is C30H36F2N2O4. The molecule has 2 fully saturated rings. The Kier molecular flexibility index (Phi) is 7.36. The first-order valence-electron chi connectivity index (χ1n) is 13.4. The maximum Gasteiger partial charge on any atom is 0.254 e. The van der Waals surface area contributed by atoms with Gasteiger partial charge in [-0.3, -0.25) is 4.79 Å². The van der Waals surface area contributed by atoms with Crippen LogP contribution in [0.3, 0.4) is 0 Å². The van der Waals surface area contributed by atoms with Gasteiger partial charge in [0.2, 0.25) is 11.5 Å². The lowest BCUT2D eigenvalue weighted by atomic mass is 9.85. The van der Waals surface area contributed by atoms with Crippen molar-refractivity contribution in [3.05, 3.63) is 58.7 Å². The van der Waals surface area contributed by atoms with Gasteiger partial charge in [0.1, 0.15) is 11.6 Å². The molecule has 1 aliphatic carbocycles. The molecule has 38 heavy (non-hydrogen) atoms. The number of fused-ring (bicyclic) bond motifs is 2. The third-order valence-electron chi connectivity index (χ3n) is 7.67. The SMILES string of the molecule is COc1cc(C(=O)N(C/C(C)=C/c2ccc(F)cc2F)C[C@H]2C[C@@H]3CCCC[C@@H]3N2)cc2c1OC(C)(C)O2. The second-order valence-electron chi connectivity index (χ2n) is 11.2. The van der Waals surface area contributed by atoms with Crippen LogP contribution in [-0.4, -0.2) is 48.9 Å². The first-order valence-corrected chi connectivity index (χ1v) is 13.4. The minimum absolute atomic E-state index is 0.177. The van der Waals surface area contributed by atoms with Gasteiger partial charge < -0.3 is 24.4 Å². The van der Waals surface area contributed by atoms with E-state index in [2.05, 4.69) is 5.32 Å². The van der Waals surface area contributed by atoms with Gasteiger partial charge in [-0.2, -0.15) is 0 Å². The van der Waals surface area contributed by atoms with Crippen LogP contribution in [0.4, 0.5) is 8.78 Å². The number of nitrogens with zero attached hydrogens (tertiary/aromatic N) is 1. The number of methoxy groups -OCH3 is 1. The van der Waals surface area contributed by atoms with Crippen LogP contribution in [-0.2, 0) is 0 Å². The Labute approximate surface area is 222 Å². The zero-order chi connectivity index (χ0) is 27.0. The topological polar surface area (TPSA) is 60.0 Å². The van der Waals surface area contributed by atoms with Gasteiger partial charge in [-0.1, -0.05) is 24.5 Å². The molecule has 3 aliphatic rings. The lowest BCUT2D eigenvalue weighted by Gasteiger charge is -2.27. The fraction of sp³-hybridized carbons (Fsp3) is 0.500. The van der Waals surface area contributed by atoms with Gasteiger partial charge in [0.25, 0.3) is 5.91 Å². The smallest absolute Gasteiger partial charge is 0.254 e. The molecule has 8 heteroatoms. The molecule has 1 saturated carbocycles. The summed E-state index contributed by atoms with van der Waals surface area (Å²) in [5.41, 5.74) is 1.50. The summed E-state index contributed by atoms with van der Waals surface area (Å²) in [5, 5.41) is 3.76. The lowest BCUT2D eigenvalue weighted by Crippen LogP contribution is -2.43. The fourth-order valence-electron chi connectivity index (χ4n) is 6.03. The minimum Gasteiger partial charge on any atom is -0.493 e. The van der Waals surface area contributed by atoms with Crippen molar-refractivity contribution in [1.82, 2.24) is 10.2 Å². The Balaban J connectivity index is 1.42. The summed E-state index contributed by atoms with van der Waals surface area (Å²) >= 11 is 0. The summed E-state index contributed by atoms with van der Waals surface area (Å²) < 4.78 is 45.0. The van der Waals surface area contributed by atoms with Gasteiger partial charge in [0, 0.05) is 56.2 Å². The largest absolute Gasteiger partial charge is 0.493 e. The molecule has 2 aromatic carbocycles. The van der Waals surface area contributed by atoms with Crippen LogP contribution in [0.15, 0.2) is 35.9 Å². The Morgan fingerprint density at radius 2 is 1.97 bits per heavy atom. The molecule has 0 spiro atoms. The molecule has 0 unspecified atom stereocenters. The summed E-state index contributed by atoms with van der Waals surface area (Å²) in [6.45, 7) is 6.27. The van der Waals surface area contributed by atoms with Crippen LogP contribution in [0.25, 0.3) is 6.08 Å². The van der Waals surface area contributed by atoms with Crippen LogP contribution >= 0.6 is 0 Å². The quantitative estimate of drug-likeness (QED) is 0.483. The molecule has 1 N–H and O–H groups in total. The van der Waals surface area contributed by atoms with Crippen molar-refractivity contribution in [2.75, 3.05) is 20.2 Å². The van der Waals surface area contributed by atoms with Gasteiger partial charge in [-0.05, 0) is 56.4 Å². The van der Waals surface area contributed by atoms with Gasteiger partial charge >= 0.3 is 0 Å². The standard InChI is InChI=1S/C30H36F2N2O4/c1-18(11-19-9-10-22(31)15-24(19)32)16-34(17-23-12-20-7-5-6-8-25(20)33-23)29(35)21-13-26(36-4)28-27(14-21)37-30(2,3)38-28/h9-11,13-15,20,23,25,33H,5-8,12,16-17H2,1-4H3/b18-11+/t20-,23+,25-/m0/s1. The first kappa shape index (κ1) is 26.5. The van der Waals surface area contributed by atoms with Crippen molar-refractivity contribution in [3.63, 3.8) is 0 Å². The number of hydrogen-bond donors (Lipinski definition) is 1. The molecule has 204 valence electrons. The molecule has 3 atom stereocenters. The van der Waals surface area contributed by atoms with Crippen molar-refractivity contribution in [2.24, 2.45) is 5.92 Å². The Morgan fingerprint density at radius 1 is 1.18 bits per heavy atom. The van der Waals surface area contributed by atoms with E-state index in [1.54, 1.807) is 37.0 Å². The van der Waals surface area contributed by atoms with E-state index in [4.69, 9.17) is 14.2 Å². The summed E-state index contributed by atoms with van der Waals surface area (Å²) in [6.07, 6.45) is 7.59. The number of carbonyl (C=O) groups excluding carboxylic acids is 1. The Hall–Kier alpha value is -3.13. The maximum atomic E-state index is 14.3. The molecule has 0 radical (unpaired) electrons. The Bertz CT molecular complexity index is 1230. The van der Waals surface area contributed by atoms with Gasteiger partial charge in [-0.25, -0.2) is 8.78 Å². The second-order valence-corrected chi connectivity index (χ2v) is 11.2. The van der Waals surface area contributed by atoms with Gasteiger partial charge in [-0.15, -0.1) is 0 Å². The van der Waals surface area contributed by atoms with Crippen LogP contribution in [0, 0.1) is 17.6 Å². The number of rotatable bonds is 7. The highest BCUT2D eigenvalue weighted by Crippen LogP contribution is 2.47. The van der Waals surface area contributed by atoms with E-state index in [9.17, 15) is 13.6 Å². The van der Waals surface area contributed by atoms with Crippen molar-refractivity contribution >= 4 is 12.0 Å². The second kappa shape index (κ2) is 10.6. The van der Waals surface area contributed by atoms with Gasteiger partial charge in [0.15, 0.2) is 11.5 Å². The number of ether oxygens (including phenoxy) is 3. The van der Waals surface area contributed by atoms with E-state index < -0.39 is 17.4 Å². The minimum atomic E-state index is -0.862. The highest BCUT2D eigenvalue weighted by atomic mass is 19.1. The van der Waals surface area contributed by atoms with E-state index in [-0.39, 0.29) is 17.5 Å². The molecule has 5 rings (SSSR count). The lowest BCUT2D eigenvalue weighted by molar-refractivity contribution is -0.0439. The van der Waals surface area contributed by atoms with E-state index >= 15 is 0 Å². The molecule has 0 bridgehead atoms. The highest BCUT2D eigenvalue weighted by molar-refractivity contribution is 5.96. The molecule has 2 aromatic rings. The number of hydrogen-bond acceptors (Lipinski definition) is 5. The Morgan fingerprint density at radius 3 is 2.71 bits per heavy atom. The van der Waals surface area contributed by atoms with E-state index in [0.29, 0.717) is 47.9 Å². The zero-order valence-electron chi connectivity index (χ0n) is 22.5. The van der Waals surface area contributed by atoms with E-state index in [1.165, 1.54) is 44.9 Å². The highest BCUT2D eigenvalue weighted by Gasteiger charge is 2.38. The predicted molar refractivity (Wildman–Crippen MR) is 142 cm³/mol. The van der Waals surface area contributed by atoms with Crippen molar-refractivity contribution in [2.45, 2.75) is 70.7 Å². The van der Waals surface area contributed by atoms with Crippen LogP contribution in [0.1, 0.15) is 68.8 Å². The summed E-state index contributed by atoms with van der Waals surface area (Å²) in [6, 6.07) is 7.57. The first-order chi connectivity index (χ1) is 18.1. The number of benzene rings is 2. The number of amides is 1. The number of halogens is 2. The van der Waals surface area contributed by atoms with Crippen molar-refractivity contribution in [1.29, 1.82) is 0 Å². The number of nitrogens with one attached hydrogen (secondary N) is 1. The fourth-order valence-corrected chi connectivity index (χ4v) is 6.03. The van der Waals surface area contributed by atoms with E-state index in [0.717, 1.165) is 18.1 Å². The molecule has 2 aliphatic heterocycles. The third-order valence-corrected chi connectivity index (χ3v) is 7.67. The molecule has 6 nitrogen and oxygen atoms in total. The summed E-state index contributed by atoms with van der Waals surface area (Å²) in [4.78, 5) is 15.8. The van der Waals surface area contributed by atoms with E-state index in [1.807, 2.05) is 6.92 Å². The normalized spacial score (nSPS) is 23.7. The molecule has 0 aromatic heterocycles. The van der Waals surface area contributed by atoms with Crippen molar-refractivity contribution in [3.8, 4) is 17.2 Å². The molecule has 2 heterocycles. The maximum absolute atomic E-state index is 14.3. The van der Waals surface area contributed by atoms with Crippen LogP contribution < -0.4 is 19.5 Å². The van der Waals surface area contributed by atoms with Crippen molar-refractivity contribution < 1.29 is 27.8 Å². The average molecular weight is 527 g/mol. The molecule has 1 amide bonds. The molecule has 1 saturated heterocycles. The van der Waals surface area contributed by atoms with Gasteiger partial charge in [0.05, 0.1) is 7.11 Å². The van der Waals surface area contributed by atoms with Crippen LogP contribution in [0.2, 0.25) is 0 Å². The predicted octanol–water partition coefficient (Wildman–Crippen LogP) is 5.95. The van der Waals surface area contributed by atoms with Crippen LogP contribution in [0.5, 0.6) is 17.2 Å². The summed E-state index contributed by atoms with van der Waals surface area (Å²) in [5.74, 6) is -0.281. The monoisotopic (exact) mass is 526 g/mol. The zero-order valence-corrected chi connectivity index (χ0v) is 22.5.